The van der Waals surface area contributed by atoms with E-state index in [1.807, 2.05) is 31.2 Å². The first kappa shape index (κ1) is 26.0. The van der Waals surface area contributed by atoms with E-state index in [4.69, 9.17) is 24.4 Å². The van der Waals surface area contributed by atoms with Crippen molar-refractivity contribution in [3.05, 3.63) is 65.8 Å². The number of aliphatic imine (C=N–C) groups is 1. The van der Waals surface area contributed by atoms with E-state index in [0.717, 1.165) is 17.0 Å². The number of rotatable bonds is 11. The van der Waals surface area contributed by atoms with Gasteiger partial charge >= 0.3 is 0 Å². The third-order valence-corrected chi connectivity index (χ3v) is 6.16. The second-order valence-corrected chi connectivity index (χ2v) is 9.11. The lowest BCUT2D eigenvalue weighted by Crippen LogP contribution is -2.35. The number of fused-ring (bicyclic) bond motifs is 1. The van der Waals surface area contributed by atoms with Gasteiger partial charge in [0.05, 0.1) is 24.3 Å². The molecule has 10 heteroatoms. The van der Waals surface area contributed by atoms with Gasteiger partial charge in [-0.2, -0.15) is 15.1 Å². The minimum absolute atomic E-state index is 0.0114. The molecule has 4 rings (SSSR count). The number of hydrogen-bond donors (Lipinski definition) is 1. The van der Waals surface area contributed by atoms with Gasteiger partial charge in [0.1, 0.15) is 13.2 Å². The molecule has 192 valence electrons. The van der Waals surface area contributed by atoms with Crippen LogP contribution in [-0.2, 0) is 11.2 Å². The Hall–Kier alpha value is -4.05. The molecule has 0 aromatic heterocycles. The number of amidine groups is 2. The number of thioether (sulfide) groups is 1. The Morgan fingerprint density at radius 2 is 1.78 bits per heavy atom. The van der Waals surface area contributed by atoms with Gasteiger partial charge in [-0.05, 0) is 73.5 Å². The van der Waals surface area contributed by atoms with Crippen LogP contribution in [0.1, 0.15) is 25.0 Å². The quantitative estimate of drug-likeness (QED) is 0.255. The van der Waals surface area contributed by atoms with Crippen LogP contribution in [0.15, 0.2) is 64.7 Å². The standard InChI is InChI=1S/C27H28N4O5S/c1-5-7-18-8-10-21(23(15-18)33-4)35-12-13-36-22-11-9-19(16-24(22)34-6-2)14-20-25(28)31-27(29-26(20)32)37-17(3)30-31/h5,8-11,14-16,28H,1,6-7,12-13H2,2-4H3/b20-14-,28-25?. The summed E-state index contributed by atoms with van der Waals surface area (Å²) in [4.78, 5) is 16.6. The fourth-order valence-electron chi connectivity index (χ4n) is 3.68. The SMILES string of the molecule is C=CCc1ccc(OCCOc2ccc(/C=C3/C(=N)N4N=C(C)SC4=NC3=O)cc2OCC)c(OC)c1. The Bertz CT molecular complexity index is 1320. The number of ether oxygens (including phenoxy) is 4. The molecular weight excluding hydrogens is 492 g/mol. The van der Waals surface area contributed by atoms with Crippen LogP contribution in [0.3, 0.4) is 0 Å². The molecule has 0 saturated heterocycles. The molecule has 2 aromatic rings. The molecule has 2 aliphatic heterocycles. The maximum absolute atomic E-state index is 12.6. The Balaban J connectivity index is 1.43. The van der Waals surface area contributed by atoms with Gasteiger partial charge in [0.15, 0.2) is 28.8 Å². The van der Waals surface area contributed by atoms with Crippen molar-refractivity contribution in [2.75, 3.05) is 26.9 Å². The third kappa shape index (κ3) is 6.03. The van der Waals surface area contributed by atoms with Gasteiger partial charge in [-0.15, -0.1) is 6.58 Å². The second kappa shape index (κ2) is 11.8. The predicted octanol–water partition coefficient (Wildman–Crippen LogP) is 4.92. The largest absolute Gasteiger partial charge is 0.493 e. The highest BCUT2D eigenvalue weighted by Gasteiger charge is 2.34. The fraction of sp³-hybridized carbons (Fsp3) is 0.259. The maximum atomic E-state index is 12.6. The van der Waals surface area contributed by atoms with Crippen molar-refractivity contribution in [2.24, 2.45) is 10.1 Å². The predicted molar refractivity (Wildman–Crippen MR) is 146 cm³/mol. The number of carbonyl (C=O) groups excluding carboxylic acids is 1. The van der Waals surface area contributed by atoms with E-state index < -0.39 is 5.91 Å². The smallest absolute Gasteiger partial charge is 0.283 e. The fourth-order valence-corrected chi connectivity index (χ4v) is 4.42. The molecule has 0 unspecified atom stereocenters. The molecular formula is C27H28N4O5S. The van der Waals surface area contributed by atoms with Crippen molar-refractivity contribution in [1.29, 1.82) is 5.41 Å². The molecule has 0 atom stereocenters. The van der Waals surface area contributed by atoms with E-state index in [1.54, 1.807) is 38.3 Å². The van der Waals surface area contributed by atoms with E-state index in [2.05, 4.69) is 16.7 Å². The Morgan fingerprint density at radius 3 is 2.49 bits per heavy atom. The number of hydrogen-bond acceptors (Lipinski definition) is 8. The van der Waals surface area contributed by atoms with Crippen LogP contribution in [0, 0.1) is 5.41 Å². The van der Waals surface area contributed by atoms with E-state index in [0.29, 0.717) is 46.9 Å². The lowest BCUT2D eigenvalue weighted by molar-refractivity contribution is -0.114. The number of allylic oxidation sites excluding steroid dienone is 1. The van der Waals surface area contributed by atoms with Crippen molar-refractivity contribution >= 4 is 39.8 Å². The zero-order valence-electron chi connectivity index (χ0n) is 20.9. The van der Waals surface area contributed by atoms with Crippen LogP contribution in [0.5, 0.6) is 23.0 Å². The minimum atomic E-state index is -0.475. The summed E-state index contributed by atoms with van der Waals surface area (Å²) in [6.45, 7) is 8.46. The highest BCUT2D eigenvalue weighted by Crippen LogP contribution is 2.32. The van der Waals surface area contributed by atoms with Crippen molar-refractivity contribution in [2.45, 2.75) is 20.3 Å². The summed E-state index contributed by atoms with van der Waals surface area (Å²) in [6.07, 6.45) is 4.20. The molecule has 0 fully saturated rings. The van der Waals surface area contributed by atoms with Crippen LogP contribution in [0.4, 0.5) is 0 Å². The molecule has 1 N–H and O–H groups in total. The summed E-state index contributed by atoms with van der Waals surface area (Å²) < 4.78 is 23.0. The van der Waals surface area contributed by atoms with Crippen molar-refractivity contribution in [3.8, 4) is 23.0 Å². The highest BCUT2D eigenvalue weighted by atomic mass is 32.2. The zero-order chi connectivity index (χ0) is 26.4. The van der Waals surface area contributed by atoms with Gasteiger partial charge in [0, 0.05) is 0 Å². The first-order valence-corrected chi connectivity index (χ1v) is 12.5. The molecule has 2 heterocycles. The lowest BCUT2D eigenvalue weighted by atomic mass is 10.1. The topological polar surface area (TPSA) is 106 Å². The van der Waals surface area contributed by atoms with Crippen molar-refractivity contribution < 1.29 is 23.7 Å². The molecule has 37 heavy (non-hydrogen) atoms. The summed E-state index contributed by atoms with van der Waals surface area (Å²) in [6, 6.07) is 11.1. The zero-order valence-corrected chi connectivity index (χ0v) is 21.8. The number of benzene rings is 2. The molecule has 0 bridgehead atoms. The number of nitrogens with zero attached hydrogens (tertiary/aromatic N) is 3. The molecule has 2 aliphatic rings. The van der Waals surface area contributed by atoms with Gasteiger partial charge in [-0.3, -0.25) is 10.2 Å². The first-order valence-electron chi connectivity index (χ1n) is 11.7. The minimum Gasteiger partial charge on any atom is -0.493 e. The van der Waals surface area contributed by atoms with E-state index in [9.17, 15) is 4.79 Å². The van der Waals surface area contributed by atoms with Crippen LogP contribution in [-0.4, -0.2) is 53.9 Å². The van der Waals surface area contributed by atoms with Crippen LogP contribution >= 0.6 is 11.8 Å². The number of hydrazone groups is 1. The summed E-state index contributed by atoms with van der Waals surface area (Å²) in [7, 11) is 1.60. The number of carbonyl (C=O) groups is 1. The second-order valence-electron chi connectivity index (χ2n) is 7.95. The molecule has 9 nitrogen and oxygen atoms in total. The van der Waals surface area contributed by atoms with Gasteiger partial charge in [0.25, 0.3) is 5.91 Å². The van der Waals surface area contributed by atoms with E-state index >= 15 is 0 Å². The molecule has 0 radical (unpaired) electrons. The van der Waals surface area contributed by atoms with Crippen LogP contribution in [0.25, 0.3) is 6.08 Å². The molecule has 0 spiro atoms. The summed E-state index contributed by atoms with van der Waals surface area (Å²) in [5.74, 6) is 1.86. The van der Waals surface area contributed by atoms with E-state index in [-0.39, 0.29) is 18.0 Å². The Morgan fingerprint density at radius 1 is 1.05 bits per heavy atom. The summed E-state index contributed by atoms with van der Waals surface area (Å²) in [5.41, 5.74) is 1.92. The average Bonchev–Trinajstić information content (AvgIpc) is 3.26. The number of amides is 1. The van der Waals surface area contributed by atoms with E-state index in [1.165, 1.54) is 16.8 Å². The summed E-state index contributed by atoms with van der Waals surface area (Å²) in [5, 5.41) is 15.2. The van der Waals surface area contributed by atoms with Gasteiger partial charge in [0.2, 0.25) is 5.17 Å². The Labute approximate surface area is 220 Å². The lowest BCUT2D eigenvalue weighted by Gasteiger charge is -2.20. The van der Waals surface area contributed by atoms with Gasteiger partial charge in [-0.1, -0.05) is 18.2 Å². The highest BCUT2D eigenvalue weighted by molar-refractivity contribution is 8.26. The normalized spacial score (nSPS) is 15.8. The Kier molecular flexibility index (Phi) is 8.29. The van der Waals surface area contributed by atoms with Gasteiger partial charge < -0.3 is 18.9 Å². The number of nitrogens with one attached hydrogen (secondary N) is 1. The first-order chi connectivity index (χ1) is 17.9. The molecule has 0 aliphatic carbocycles. The van der Waals surface area contributed by atoms with Crippen LogP contribution in [0.2, 0.25) is 0 Å². The molecule has 2 aromatic carbocycles. The number of methoxy groups -OCH3 is 1. The average molecular weight is 521 g/mol. The molecule has 0 saturated carbocycles. The van der Waals surface area contributed by atoms with Gasteiger partial charge in [-0.25, -0.2) is 0 Å². The maximum Gasteiger partial charge on any atom is 0.283 e. The van der Waals surface area contributed by atoms with Crippen LogP contribution < -0.4 is 18.9 Å². The van der Waals surface area contributed by atoms with Crippen molar-refractivity contribution in [3.63, 3.8) is 0 Å². The van der Waals surface area contributed by atoms with Crippen molar-refractivity contribution in [1.82, 2.24) is 5.01 Å². The summed E-state index contributed by atoms with van der Waals surface area (Å²) >= 11 is 1.27. The third-order valence-electron chi connectivity index (χ3n) is 5.34. The monoisotopic (exact) mass is 520 g/mol. The molecule has 1 amide bonds.